The molecule has 0 aliphatic carbocycles. The van der Waals surface area contributed by atoms with E-state index in [0.29, 0.717) is 22.4 Å². The Bertz CT molecular complexity index is 585. The first-order chi connectivity index (χ1) is 9.10. The average molecular weight is 281 g/mol. The molecule has 2 aromatic rings. The summed E-state index contributed by atoms with van der Waals surface area (Å²) in [4.78, 5) is 14.4. The van der Waals surface area contributed by atoms with E-state index in [2.05, 4.69) is 23.5 Å². The molecule has 2 rings (SSSR count). The predicted octanol–water partition coefficient (Wildman–Crippen LogP) is 3.29. The van der Waals surface area contributed by atoms with Crippen LogP contribution in [0.4, 0.5) is 11.7 Å². The van der Waals surface area contributed by atoms with Crippen molar-refractivity contribution in [2.75, 3.05) is 18.1 Å². The second-order valence-corrected chi connectivity index (χ2v) is 5.47. The summed E-state index contributed by atoms with van der Waals surface area (Å²) in [5.41, 5.74) is 1.06. The van der Waals surface area contributed by atoms with E-state index in [1.807, 2.05) is 0 Å². The van der Waals surface area contributed by atoms with Gasteiger partial charge in [0.05, 0.1) is 4.92 Å². The number of nitrogens with one attached hydrogen (secondary N) is 1. The summed E-state index contributed by atoms with van der Waals surface area (Å²) in [6.07, 6.45) is 3.07. The third-order valence-corrected chi connectivity index (χ3v) is 3.85. The van der Waals surface area contributed by atoms with Gasteiger partial charge in [0.25, 0.3) is 11.7 Å². The highest BCUT2D eigenvalue weighted by molar-refractivity contribution is 7.99. The summed E-state index contributed by atoms with van der Waals surface area (Å²) in [6.45, 7) is 2.92. The van der Waals surface area contributed by atoms with Crippen molar-refractivity contribution >= 4 is 34.6 Å². The second kappa shape index (κ2) is 5.92. The van der Waals surface area contributed by atoms with Crippen LogP contribution < -0.4 is 5.32 Å². The number of nitro benzene ring substituents is 1. The molecule has 0 aliphatic heterocycles. The molecule has 0 aliphatic rings. The summed E-state index contributed by atoms with van der Waals surface area (Å²) < 4.78 is 5.47. The van der Waals surface area contributed by atoms with Gasteiger partial charge in [0, 0.05) is 23.9 Å². The number of fused-ring (bicyclic) bond motifs is 1. The van der Waals surface area contributed by atoms with E-state index in [1.165, 1.54) is 12.1 Å². The summed E-state index contributed by atoms with van der Waals surface area (Å²) in [5.74, 6) is 0. The molecule has 1 aromatic heterocycles. The van der Waals surface area contributed by atoms with Crippen molar-refractivity contribution in [3.05, 3.63) is 28.3 Å². The molecule has 1 N–H and O–H groups in total. The lowest BCUT2D eigenvalue weighted by atomic mass is 10.3. The van der Waals surface area contributed by atoms with Crippen molar-refractivity contribution in [1.82, 2.24) is 4.98 Å². The van der Waals surface area contributed by atoms with Gasteiger partial charge in [0.2, 0.25) is 0 Å². The number of anilines is 1. The van der Waals surface area contributed by atoms with Crippen LogP contribution in [0.2, 0.25) is 0 Å². The lowest BCUT2D eigenvalue weighted by Gasteiger charge is -2.06. The predicted molar refractivity (Wildman–Crippen MR) is 76.7 cm³/mol. The molecule has 1 heterocycles. The fraction of sp³-hybridized carbons (Fsp3) is 0.417. The topological polar surface area (TPSA) is 81.2 Å². The first-order valence-corrected chi connectivity index (χ1v) is 7.20. The number of non-ortho nitro benzene ring substituents is 1. The van der Waals surface area contributed by atoms with Gasteiger partial charge in [-0.25, -0.2) is 0 Å². The van der Waals surface area contributed by atoms with Crippen molar-refractivity contribution in [3.63, 3.8) is 0 Å². The van der Waals surface area contributed by atoms with Gasteiger partial charge in [0.15, 0.2) is 5.58 Å². The van der Waals surface area contributed by atoms with Gasteiger partial charge >= 0.3 is 0 Å². The van der Waals surface area contributed by atoms with Gasteiger partial charge in [-0.05, 0) is 18.7 Å². The lowest BCUT2D eigenvalue weighted by molar-refractivity contribution is -0.384. The minimum atomic E-state index is -0.443. The molecular weight excluding hydrogens is 266 g/mol. The molecule has 1 unspecified atom stereocenters. The first-order valence-electron chi connectivity index (χ1n) is 5.92. The minimum absolute atomic E-state index is 0.0170. The Morgan fingerprint density at radius 2 is 2.37 bits per heavy atom. The second-order valence-electron chi connectivity index (χ2n) is 4.19. The van der Waals surface area contributed by atoms with Gasteiger partial charge in [-0.15, -0.1) is 0 Å². The average Bonchev–Trinajstić information content (AvgIpc) is 2.79. The maximum atomic E-state index is 10.7. The van der Waals surface area contributed by atoms with Crippen LogP contribution in [0.25, 0.3) is 11.1 Å². The summed E-state index contributed by atoms with van der Waals surface area (Å²) in [7, 11) is 0. The quantitative estimate of drug-likeness (QED) is 0.646. The molecule has 0 saturated heterocycles. The van der Waals surface area contributed by atoms with E-state index in [1.54, 1.807) is 17.8 Å². The zero-order valence-corrected chi connectivity index (χ0v) is 11.6. The number of nitrogens with zero attached hydrogens (tertiary/aromatic N) is 2. The van der Waals surface area contributed by atoms with Crippen LogP contribution >= 0.6 is 11.8 Å². The molecule has 1 atom stereocenters. The van der Waals surface area contributed by atoms with Gasteiger partial charge in [-0.1, -0.05) is 6.92 Å². The number of aromatic nitrogens is 1. The van der Waals surface area contributed by atoms with Crippen molar-refractivity contribution in [2.24, 2.45) is 0 Å². The number of thioether (sulfide) groups is 1. The van der Waals surface area contributed by atoms with E-state index in [0.717, 1.165) is 13.0 Å². The number of hydrogen-bond donors (Lipinski definition) is 1. The standard InChI is InChI=1S/C12H15N3O3S/c1-8(19-2)5-6-13-12-14-10-7-9(15(16)17)3-4-11(10)18-12/h3-4,7-8H,5-6H2,1-2H3,(H,13,14). The monoisotopic (exact) mass is 281 g/mol. The van der Waals surface area contributed by atoms with Gasteiger partial charge in [-0.3, -0.25) is 10.1 Å². The number of nitro groups is 1. The first kappa shape index (κ1) is 13.7. The van der Waals surface area contributed by atoms with Crippen LogP contribution in [0.3, 0.4) is 0 Å². The molecule has 0 bridgehead atoms. The molecule has 102 valence electrons. The van der Waals surface area contributed by atoms with E-state index in [4.69, 9.17) is 4.42 Å². The third-order valence-electron chi connectivity index (χ3n) is 2.81. The van der Waals surface area contributed by atoms with Crippen LogP contribution in [0.15, 0.2) is 22.6 Å². The van der Waals surface area contributed by atoms with E-state index >= 15 is 0 Å². The maximum absolute atomic E-state index is 10.7. The molecule has 0 spiro atoms. The largest absolute Gasteiger partial charge is 0.424 e. The molecule has 19 heavy (non-hydrogen) atoms. The number of benzene rings is 1. The Labute approximate surface area is 114 Å². The minimum Gasteiger partial charge on any atom is -0.424 e. The fourth-order valence-corrected chi connectivity index (χ4v) is 1.96. The Morgan fingerprint density at radius 1 is 1.58 bits per heavy atom. The Morgan fingerprint density at radius 3 is 3.05 bits per heavy atom. The maximum Gasteiger partial charge on any atom is 0.295 e. The third kappa shape index (κ3) is 3.37. The zero-order valence-electron chi connectivity index (χ0n) is 10.8. The molecule has 0 amide bonds. The zero-order chi connectivity index (χ0) is 13.8. The van der Waals surface area contributed by atoms with Crippen molar-refractivity contribution in [2.45, 2.75) is 18.6 Å². The van der Waals surface area contributed by atoms with Crippen molar-refractivity contribution < 1.29 is 9.34 Å². The van der Waals surface area contributed by atoms with E-state index < -0.39 is 4.92 Å². The van der Waals surface area contributed by atoms with Crippen LogP contribution in [0.1, 0.15) is 13.3 Å². The summed E-state index contributed by atoms with van der Waals surface area (Å²) in [5, 5.41) is 14.3. The summed E-state index contributed by atoms with van der Waals surface area (Å²) >= 11 is 1.80. The van der Waals surface area contributed by atoms with E-state index in [-0.39, 0.29) is 5.69 Å². The Balaban J connectivity index is 2.07. The molecular formula is C12H15N3O3S. The number of hydrogen-bond acceptors (Lipinski definition) is 6. The highest BCUT2D eigenvalue weighted by Gasteiger charge is 2.11. The number of oxazole rings is 1. The Kier molecular flexibility index (Phi) is 4.26. The summed E-state index contributed by atoms with van der Waals surface area (Å²) in [6, 6.07) is 4.79. The Hall–Kier alpha value is -1.76. The van der Waals surface area contributed by atoms with Gasteiger partial charge in [0.1, 0.15) is 5.52 Å². The normalized spacial score (nSPS) is 12.5. The molecule has 6 nitrogen and oxygen atoms in total. The van der Waals surface area contributed by atoms with Crippen molar-refractivity contribution in [3.8, 4) is 0 Å². The molecule has 0 fully saturated rings. The van der Waals surface area contributed by atoms with Gasteiger partial charge < -0.3 is 9.73 Å². The molecule has 1 aromatic carbocycles. The van der Waals surface area contributed by atoms with Crippen LogP contribution in [0, 0.1) is 10.1 Å². The molecule has 0 saturated carbocycles. The van der Waals surface area contributed by atoms with Crippen molar-refractivity contribution in [1.29, 1.82) is 0 Å². The SMILES string of the molecule is CSC(C)CCNc1nc2cc([N+](=O)[O-])ccc2o1. The highest BCUT2D eigenvalue weighted by Crippen LogP contribution is 2.23. The smallest absolute Gasteiger partial charge is 0.295 e. The van der Waals surface area contributed by atoms with Crippen LogP contribution in [-0.4, -0.2) is 28.0 Å². The number of rotatable bonds is 6. The van der Waals surface area contributed by atoms with E-state index in [9.17, 15) is 10.1 Å². The fourth-order valence-electron chi connectivity index (χ4n) is 1.61. The molecule has 7 heteroatoms. The lowest BCUT2D eigenvalue weighted by Crippen LogP contribution is -2.07. The highest BCUT2D eigenvalue weighted by atomic mass is 32.2. The molecule has 0 radical (unpaired) electrons. The van der Waals surface area contributed by atoms with Gasteiger partial charge in [-0.2, -0.15) is 16.7 Å². The van der Waals surface area contributed by atoms with Crippen LogP contribution in [0.5, 0.6) is 0 Å². The van der Waals surface area contributed by atoms with Crippen LogP contribution in [-0.2, 0) is 0 Å².